The number of thioether (sulfide) groups is 1. The van der Waals surface area contributed by atoms with Crippen LogP contribution >= 0.6 is 11.8 Å². The van der Waals surface area contributed by atoms with E-state index in [-0.39, 0.29) is 5.91 Å². The molecule has 6 nitrogen and oxygen atoms in total. The highest BCUT2D eigenvalue weighted by atomic mass is 32.2. The molecule has 2 heterocycles. The number of fused-ring (bicyclic) bond motifs is 1. The second kappa shape index (κ2) is 8.99. The molecular weight excluding hydrogens is 374 g/mol. The Morgan fingerprint density at radius 1 is 1.18 bits per heavy atom. The van der Waals surface area contributed by atoms with Gasteiger partial charge in [0.15, 0.2) is 0 Å². The van der Waals surface area contributed by atoms with Gasteiger partial charge in [-0.2, -0.15) is 0 Å². The highest BCUT2D eigenvalue weighted by Gasteiger charge is 2.32. The molecule has 2 aromatic rings. The largest absolute Gasteiger partial charge is 0.494 e. The van der Waals surface area contributed by atoms with Crippen LogP contribution in [0.25, 0.3) is 11.5 Å². The maximum Gasteiger partial charge on any atom is 0.277 e. The first-order valence-corrected chi connectivity index (χ1v) is 11.2. The maximum atomic E-state index is 12.6. The summed E-state index contributed by atoms with van der Waals surface area (Å²) in [6.45, 7) is 4.40. The number of hydrogen-bond acceptors (Lipinski definition) is 6. The number of rotatable bonds is 6. The fourth-order valence-corrected chi connectivity index (χ4v) is 4.95. The SMILES string of the molecule is CCOc1ccc(-c2nnc(SCC(=O)N3CC[C@H]4CCCC[C@H]4C3)o2)cc1. The Kier molecular flexibility index (Phi) is 6.20. The minimum absolute atomic E-state index is 0.176. The van der Waals surface area contributed by atoms with Gasteiger partial charge in [0.05, 0.1) is 12.4 Å². The van der Waals surface area contributed by atoms with Gasteiger partial charge in [0, 0.05) is 18.7 Å². The molecule has 2 aliphatic rings. The van der Waals surface area contributed by atoms with Crippen LogP contribution in [0.3, 0.4) is 0 Å². The van der Waals surface area contributed by atoms with E-state index in [2.05, 4.69) is 10.2 Å². The van der Waals surface area contributed by atoms with E-state index in [0.717, 1.165) is 36.7 Å². The van der Waals surface area contributed by atoms with Gasteiger partial charge in [-0.05, 0) is 55.9 Å². The first-order valence-electron chi connectivity index (χ1n) is 10.2. The molecule has 1 amide bonds. The number of carbonyl (C=O) groups is 1. The van der Waals surface area contributed by atoms with Gasteiger partial charge in [0.25, 0.3) is 5.22 Å². The molecule has 0 N–H and O–H groups in total. The van der Waals surface area contributed by atoms with Gasteiger partial charge in [-0.3, -0.25) is 4.79 Å². The molecule has 2 atom stereocenters. The van der Waals surface area contributed by atoms with Crippen LogP contribution < -0.4 is 4.74 Å². The Labute approximate surface area is 170 Å². The fourth-order valence-electron chi connectivity index (χ4n) is 4.29. The lowest BCUT2D eigenvalue weighted by atomic mass is 9.75. The van der Waals surface area contributed by atoms with E-state index in [4.69, 9.17) is 9.15 Å². The third-order valence-electron chi connectivity index (χ3n) is 5.78. The highest BCUT2D eigenvalue weighted by molar-refractivity contribution is 7.99. The summed E-state index contributed by atoms with van der Waals surface area (Å²) in [4.78, 5) is 14.7. The second-order valence-electron chi connectivity index (χ2n) is 7.55. The van der Waals surface area contributed by atoms with E-state index in [0.29, 0.717) is 29.4 Å². The number of likely N-dealkylation sites (tertiary alicyclic amines) is 1. The van der Waals surface area contributed by atoms with Crippen LogP contribution in [-0.2, 0) is 4.79 Å². The van der Waals surface area contributed by atoms with E-state index < -0.39 is 0 Å². The summed E-state index contributed by atoms with van der Waals surface area (Å²) < 4.78 is 11.2. The van der Waals surface area contributed by atoms with Crippen LogP contribution in [0.4, 0.5) is 0 Å². The minimum Gasteiger partial charge on any atom is -0.494 e. The number of ether oxygens (including phenoxy) is 1. The topological polar surface area (TPSA) is 68.5 Å². The summed E-state index contributed by atoms with van der Waals surface area (Å²) >= 11 is 1.32. The van der Waals surface area contributed by atoms with Crippen LogP contribution in [-0.4, -0.2) is 46.5 Å². The molecule has 1 saturated carbocycles. The molecule has 0 spiro atoms. The normalized spacial score (nSPS) is 22.0. The van der Waals surface area contributed by atoms with Crippen molar-refractivity contribution in [3.05, 3.63) is 24.3 Å². The van der Waals surface area contributed by atoms with Crippen LogP contribution in [0.1, 0.15) is 39.0 Å². The molecule has 4 rings (SSSR count). The number of benzene rings is 1. The van der Waals surface area contributed by atoms with Crippen molar-refractivity contribution in [3.63, 3.8) is 0 Å². The zero-order valence-corrected chi connectivity index (χ0v) is 17.1. The lowest BCUT2D eigenvalue weighted by Gasteiger charge is -2.41. The molecular formula is C21H27N3O3S. The Bertz CT molecular complexity index is 792. The Morgan fingerprint density at radius 3 is 2.75 bits per heavy atom. The molecule has 7 heteroatoms. The molecule has 0 bridgehead atoms. The van der Waals surface area contributed by atoms with Crippen LogP contribution in [0.5, 0.6) is 5.75 Å². The predicted molar refractivity (Wildman–Crippen MR) is 108 cm³/mol. The molecule has 150 valence electrons. The van der Waals surface area contributed by atoms with Gasteiger partial charge in [-0.25, -0.2) is 0 Å². The number of amides is 1. The Hall–Kier alpha value is -2.02. The molecule has 1 saturated heterocycles. The van der Waals surface area contributed by atoms with Crippen molar-refractivity contribution in [1.82, 2.24) is 15.1 Å². The summed E-state index contributed by atoms with van der Waals surface area (Å²) in [7, 11) is 0. The number of carbonyl (C=O) groups excluding carboxylic acids is 1. The number of aromatic nitrogens is 2. The standard InChI is InChI=1S/C21H27N3O3S/c1-2-26-18-9-7-16(8-10-18)20-22-23-21(27-20)28-14-19(25)24-12-11-15-5-3-4-6-17(15)13-24/h7-10,15,17H,2-6,11-14H2,1H3/t15-,17+/m1/s1. The molecule has 0 unspecified atom stereocenters. The van der Waals surface area contributed by atoms with Crippen molar-refractivity contribution in [2.45, 2.75) is 44.3 Å². The third-order valence-corrected chi connectivity index (χ3v) is 6.58. The van der Waals surface area contributed by atoms with Crippen molar-refractivity contribution in [3.8, 4) is 17.2 Å². The van der Waals surface area contributed by atoms with Crippen LogP contribution in [0, 0.1) is 11.8 Å². The summed E-state index contributed by atoms with van der Waals surface area (Å²) in [5.41, 5.74) is 0.841. The number of nitrogens with zero attached hydrogens (tertiary/aromatic N) is 3. The van der Waals surface area contributed by atoms with Gasteiger partial charge in [-0.15, -0.1) is 10.2 Å². The molecule has 0 radical (unpaired) electrons. The van der Waals surface area contributed by atoms with E-state index >= 15 is 0 Å². The lowest BCUT2D eigenvalue weighted by Crippen LogP contribution is -2.45. The summed E-state index contributed by atoms with van der Waals surface area (Å²) in [5.74, 6) is 3.33. The minimum atomic E-state index is 0.176. The summed E-state index contributed by atoms with van der Waals surface area (Å²) in [6, 6.07) is 7.56. The van der Waals surface area contributed by atoms with Crippen molar-refractivity contribution < 1.29 is 13.9 Å². The second-order valence-corrected chi connectivity index (χ2v) is 8.48. The molecule has 28 heavy (non-hydrogen) atoms. The first-order chi connectivity index (χ1) is 13.7. The zero-order valence-electron chi connectivity index (χ0n) is 16.3. The Morgan fingerprint density at radius 2 is 1.96 bits per heavy atom. The van der Waals surface area contributed by atoms with Gasteiger partial charge < -0.3 is 14.1 Å². The maximum absolute atomic E-state index is 12.6. The molecule has 1 aliphatic heterocycles. The highest BCUT2D eigenvalue weighted by Crippen LogP contribution is 2.36. The zero-order chi connectivity index (χ0) is 19.3. The molecule has 1 aromatic carbocycles. The van der Waals surface area contributed by atoms with Crippen molar-refractivity contribution in [1.29, 1.82) is 0 Å². The lowest BCUT2D eigenvalue weighted by molar-refractivity contribution is -0.131. The van der Waals surface area contributed by atoms with Crippen LogP contribution in [0.2, 0.25) is 0 Å². The average Bonchev–Trinajstić information content (AvgIpc) is 3.21. The van der Waals surface area contributed by atoms with Crippen molar-refractivity contribution in [2.24, 2.45) is 11.8 Å². The van der Waals surface area contributed by atoms with E-state index in [9.17, 15) is 4.79 Å². The van der Waals surface area contributed by atoms with Crippen molar-refractivity contribution >= 4 is 17.7 Å². The van der Waals surface area contributed by atoms with Crippen molar-refractivity contribution in [2.75, 3.05) is 25.4 Å². The summed E-state index contributed by atoms with van der Waals surface area (Å²) in [6.07, 6.45) is 6.45. The third kappa shape index (κ3) is 4.51. The smallest absolute Gasteiger partial charge is 0.277 e. The van der Waals surface area contributed by atoms with Gasteiger partial charge in [0.2, 0.25) is 11.8 Å². The van der Waals surface area contributed by atoms with E-state index in [1.165, 1.54) is 37.4 Å². The van der Waals surface area contributed by atoms with E-state index in [1.807, 2.05) is 36.1 Å². The van der Waals surface area contributed by atoms with E-state index in [1.54, 1.807) is 0 Å². The average molecular weight is 402 g/mol. The molecule has 2 fully saturated rings. The van der Waals surface area contributed by atoms with Crippen LogP contribution in [0.15, 0.2) is 33.9 Å². The quantitative estimate of drug-likeness (QED) is 0.674. The monoisotopic (exact) mass is 401 g/mol. The Balaban J connectivity index is 1.30. The fraction of sp³-hybridized carbons (Fsp3) is 0.571. The van der Waals surface area contributed by atoms with Gasteiger partial charge >= 0.3 is 0 Å². The van der Waals surface area contributed by atoms with Gasteiger partial charge in [0.1, 0.15) is 5.75 Å². The molecule has 1 aromatic heterocycles. The first kappa shape index (κ1) is 19.3. The molecule has 1 aliphatic carbocycles. The number of piperidine rings is 1. The predicted octanol–water partition coefficient (Wildman–Crippen LogP) is 4.27. The summed E-state index contributed by atoms with van der Waals surface area (Å²) in [5, 5.41) is 8.62. The van der Waals surface area contributed by atoms with Gasteiger partial charge in [-0.1, -0.05) is 31.0 Å². The number of hydrogen-bond donors (Lipinski definition) is 0.